The van der Waals surface area contributed by atoms with E-state index >= 15 is 0 Å². The predicted molar refractivity (Wildman–Crippen MR) is 82.6 cm³/mol. The van der Waals surface area contributed by atoms with Gasteiger partial charge in [0.1, 0.15) is 0 Å². The third-order valence-corrected chi connectivity index (χ3v) is 3.27. The van der Waals surface area contributed by atoms with Crippen LogP contribution in [0.5, 0.6) is 0 Å². The molecular formula is C13H11BrClN3O. The molecule has 98 valence electrons. The average Bonchev–Trinajstić information content (AvgIpc) is 2.37. The molecule has 2 amide bonds. The molecule has 0 radical (unpaired) electrons. The van der Waals surface area contributed by atoms with Crippen molar-refractivity contribution >= 4 is 50.6 Å². The van der Waals surface area contributed by atoms with E-state index in [1.165, 1.54) is 0 Å². The molecule has 0 bridgehead atoms. The van der Waals surface area contributed by atoms with Gasteiger partial charge in [-0.05, 0) is 58.4 Å². The quantitative estimate of drug-likeness (QED) is 0.712. The Hall–Kier alpha value is -1.72. The summed E-state index contributed by atoms with van der Waals surface area (Å²) in [5.41, 5.74) is 7.47. The first-order valence-corrected chi connectivity index (χ1v) is 6.60. The number of urea groups is 1. The zero-order valence-electron chi connectivity index (χ0n) is 9.78. The molecule has 2 aromatic rings. The number of halogens is 2. The van der Waals surface area contributed by atoms with Gasteiger partial charge in [0.25, 0.3) is 0 Å². The lowest BCUT2D eigenvalue weighted by Gasteiger charge is -2.09. The number of nitrogen functional groups attached to an aromatic ring is 1. The maximum atomic E-state index is 11.8. The van der Waals surface area contributed by atoms with Crippen molar-refractivity contribution in [1.29, 1.82) is 0 Å². The Morgan fingerprint density at radius 1 is 1.11 bits per heavy atom. The summed E-state index contributed by atoms with van der Waals surface area (Å²) in [6, 6.07) is 11.7. The summed E-state index contributed by atoms with van der Waals surface area (Å²) in [5, 5.41) is 5.94. The fourth-order valence-electron chi connectivity index (χ4n) is 1.44. The molecule has 4 N–H and O–H groups in total. The van der Waals surface area contributed by atoms with Crippen LogP contribution in [-0.4, -0.2) is 6.03 Å². The first-order valence-electron chi connectivity index (χ1n) is 5.43. The highest BCUT2D eigenvalue weighted by Crippen LogP contribution is 2.26. The lowest BCUT2D eigenvalue weighted by atomic mass is 10.3. The predicted octanol–water partition coefficient (Wildman–Crippen LogP) is 4.33. The second-order valence-electron chi connectivity index (χ2n) is 3.83. The highest BCUT2D eigenvalue weighted by molar-refractivity contribution is 9.10. The molecule has 0 aliphatic carbocycles. The summed E-state index contributed by atoms with van der Waals surface area (Å²) in [6.45, 7) is 0. The highest BCUT2D eigenvalue weighted by atomic mass is 79.9. The van der Waals surface area contributed by atoms with Gasteiger partial charge in [-0.3, -0.25) is 0 Å². The van der Waals surface area contributed by atoms with Gasteiger partial charge in [0.15, 0.2) is 0 Å². The molecule has 0 atom stereocenters. The Morgan fingerprint density at radius 2 is 1.79 bits per heavy atom. The zero-order valence-corrected chi connectivity index (χ0v) is 12.1. The summed E-state index contributed by atoms with van der Waals surface area (Å²) in [4.78, 5) is 11.8. The first-order chi connectivity index (χ1) is 9.04. The van der Waals surface area contributed by atoms with Crippen LogP contribution in [0.1, 0.15) is 0 Å². The number of benzene rings is 2. The summed E-state index contributed by atoms with van der Waals surface area (Å²) in [6.07, 6.45) is 0. The van der Waals surface area contributed by atoms with Crippen LogP contribution in [0.15, 0.2) is 46.9 Å². The minimum Gasteiger partial charge on any atom is -0.399 e. The largest absolute Gasteiger partial charge is 0.399 e. The van der Waals surface area contributed by atoms with E-state index in [2.05, 4.69) is 26.6 Å². The van der Waals surface area contributed by atoms with Crippen LogP contribution in [-0.2, 0) is 0 Å². The Bertz CT molecular complexity index is 601. The average molecular weight is 341 g/mol. The van der Waals surface area contributed by atoms with Gasteiger partial charge in [-0.1, -0.05) is 11.6 Å². The van der Waals surface area contributed by atoms with Crippen molar-refractivity contribution in [2.24, 2.45) is 0 Å². The van der Waals surface area contributed by atoms with E-state index in [-0.39, 0.29) is 6.03 Å². The molecule has 0 spiro atoms. The third-order valence-electron chi connectivity index (χ3n) is 2.35. The van der Waals surface area contributed by atoms with Crippen molar-refractivity contribution in [2.45, 2.75) is 0 Å². The first kappa shape index (κ1) is 13.7. The number of anilines is 3. The number of carbonyl (C=O) groups is 1. The minimum atomic E-state index is -0.354. The molecule has 0 heterocycles. The van der Waals surface area contributed by atoms with Crippen molar-refractivity contribution in [2.75, 3.05) is 16.4 Å². The number of hydrogen-bond donors (Lipinski definition) is 3. The van der Waals surface area contributed by atoms with Crippen LogP contribution in [0, 0.1) is 0 Å². The van der Waals surface area contributed by atoms with E-state index in [9.17, 15) is 4.79 Å². The van der Waals surface area contributed by atoms with Gasteiger partial charge in [0, 0.05) is 20.9 Å². The van der Waals surface area contributed by atoms with E-state index in [0.717, 1.165) is 4.47 Å². The van der Waals surface area contributed by atoms with Crippen LogP contribution in [0.4, 0.5) is 21.9 Å². The number of rotatable bonds is 2. The molecule has 0 unspecified atom stereocenters. The van der Waals surface area contributed by atoms with E-state index < -0.39 is 0 Å². The van der Waals surface area contributed by atoms with Crippen LogP contribution < -0.4 is 16.4 Å². The van der Waals surface area contributed by atoms with Crippen LogP contribution in [0.25, 0.3) is 0 Å². The standard InChI is InChI=1S/C13H11BrClN3O/c14-11-6-1-8(15)7-12(11)18-13(19)17-10-4-2-9(16)3-5-10/h1-7H,16H2,(H2,17,18,19). The second-order valence-corrected chi connectivity index (χ2v) is 5.12. The molecule has 4 nitrogen and oxygen atoms in total. The molecule has 0 saturated carbocycles. The van der Waals surface area contributed by atoms with Crippen molar-refractivity contribution in [3.8, 4) is 0 Å². The molecule has 19 heavy (non-hydrogen) atoms. The molecule has 2 rings (SSSR count). The zero-order chi connectivity index (χ0) is 13.8. The number of carbonyl (C=O) groups excluding carboxylic acids is 1. The van der Waals surface area contributed by atoms with Gasteiger partial charge >= 0.3 is 6.03 Å². The number of nitrogens with two attached hydrogens (primary N) is 1. The Kier molecular flexibility index (Phi) is 4.29. The second kappa shape index (κ2) is 5.95. The van der Waals surface area contributed by atoms with Crippen molar-refractivity contribution in [3.05, 3.63) is 52.0 Å². The monoisotopic (exact) mass is 339 g/mol. The minimum absolute atomic E-state index is 0.354. The topological polar surface area (TPSA) is 67.1 Å². The molecule has 0 aromatic heterocycles. The van der Waals surface area contributed by atoms with Gasteiger partial charge in [-0.25, -0.2) is 4.79 Å². The fraction of sp³-hybridized carbons (Fsp3) is 0. The summed E-state index contributed by atoms with van der Waals surface area (Å²) < 4.78 is 0.754. The van der Waals surface area contributed by atoms with Gasteiger partial charge in [-0.2, -0.15) is 0 Å². The van der Waals surface area contributed by atoms with Gasteiger partial charge in [0.2, 0.25) is 0 Å². The number of amides is 2. The van der Waals surface area contributed by atoms with Gasteiger partial charge < -0.3 is 16.4 Å². The molecule has 0 aliphatic heterocycles. The SMILES string of the molecule is Nc1ccc(NC(=O)Nc2cc(Cl)ccc2Br)cc1. The summed E-state index contributed by atoms with van der Waals surface area (Å²) >= 11 is 9.21. The van der Waals surface area contributed by atoms with Crippen LogP contribution in [0.3, 0.4) is 0 Å². The van der Waals surface area contributed by atoms with E-state index in [4.69, 9.17) is 17.3 Å². The van der Waals surface area contributed by atoms with Gasteiger partial charge in [0.05, 0.1) is 5.69 Å². The van der Waals surface area contributed by atoms with E-state index in [1.54, 1.807) is 42.5 Å². The van der Waals surface area contributed by atoms with Crippen molar-refractivity contribution in [1.82, 2.24) is 0 Å². The molecule has 0 aliphatic rings. The van der Waals surface area contributed by atoms with Gasteiger partial charge in [-0.15, -0.1) is 0 Å². The molecule has 6 heteroatoms. The smallest absolute Gasteiger partial charge is 0.323 e. The Balaban J connectivity index is 2.05. The molecular weight excluding hydrogens is 330 g/mol. The number of hydrogen-bond acceptors (Lipinski definition) is 2. The van der Waals surface area contributed by atoms with Crippen LogP contribution in [0.2, 0.25) is 5.02 Å². The van der Waals surface area contributed by atoms with E-state index in [0.29, 0.717) is 22.1 Å². The molecule has 2 aromatic carbocycles. The Morgan fingerprint density at radius 3 is 2.47 bits per heavy atom. The molecule has 0 fully saturated rings. The lowest BCUT2D eigenvalue weighted by molar-refractivity contribution is 0.262. The summed E-state index contributed by atoms with van der Waals surface area (Å²) in [5.74, 6) is 0. The lowest BCUT2D eigenvalue weighted by Crippen LogP contribution is -2.19. The highest BCUT2D eigenvalue weighted by Gasteiger charge is 2.06. The maximum Gasteiger partial charge on any atom is 0.323 e. The van der Waals surface area contributed by atoms with E-state index in [1.807, 2.05) is 0 Å². The number of nitrogens with one attached hydrogen (secondary N) is 2. The third kappa shape index (κ3) is 3.87. The summed E-state index contributed by atoms with van der Waals surface area (Å²) in [7, 11) is 0. The molecule has 0 saturated heterocycles. The fourth-order valence-corrected chi connectivity index (χ4v) is 1.96. The normalized spacial score (nSPS) is 10.0. The van der Waals surface area contributed by atoms with Crippen molar-refractivity contribution in [3.63, 3.8) is 0 Å². The maximum absolute atomic E-state index is 11.8. The van der Waals surface area contributed by atoms with Crippen LogP contribution >= 0.6 is 27.5 Å². The van der Waals surface area contributed by atoms with Crippen molar-refractivity contribution < 1.29 is 4.79 Å². The Labute approximate surface area is 124 Å².